The molecule has 3 heterocycles. The van der Waals surface area contributed by atoms with E-state index in [9.17, 15) is 14.4 Å². The van der Waals surface area contributed by atoms with E-state index in [2.05, 4.69) is 0 Å². The molecule has 0 amide bonds. The van der Waals surface area contributed by atoms with E-state index in [0.29, 0.717) is 62.7 Å². The second-order valence-corrected chi connectivity index (χ2v) is 7.88. The monoisotopic (exact) mass is 428 g/mol. The highest BCUT2D eigenvalue weighted by atomic mass is 16.5. The molecule has 2 saturated heterocycles. The van der Waals surface area contributed by atoms with Gasteiger partial charge in [-0.05, 0) is 32.4 Å². The zero-order chi connectivity index (χ0) is 21.8. The van der Waals surface area contributed by atoms with Gasteiger partial charge in [0.15, 0.2) is 11.3 Å². The lowest BCUT2D eigenvalue weighted by atomic mass is 9.84. The summed E-state index contributed by atoms with van der Waals surface area (Å²) >= 11 is 0. The van der Waals surface area contributed by atoms with Crippen molar-refractivity contribution in [1.82, 2.24) is 4.90 Å². The lowest BCUT2D eigenvalue weighted by Crippen LogP contribution is -2.43. The molecule has 0 radical (unpaired) electrons. The number of carbonyl (C=O) groups excluding carboxylic acids is 2. The number of nitrogens with zero attached hydrogens (tertiary/aromatic N) is 2. The fourth-order valence-electron chi connectivity index (χ4n) is 4.64. The zero-order valence-corrected chi connectivity index (χ0v) is 17.7. The largest absolute Gasteiger partial charge is 0.466 e. The molecule has 31 heavy (non-hydrogen) atoms. The number of carbonyl (C=O) groups is 2. The molecule has 2 aromatic rings. The van der Waals surface area contributed by atoms with Crippen molar-refractivity contribution in [2.45, 2.75) is 25.8 Å². The minimum atomic E-state index is -0.434. The maximum absolute atomic E-state index is 12.9. The van der Waals surface area contributed by atoms with Crippen LogP contribution >= 0.6 is 0 Å². The molecule has 166 valence electrons. The molecule has 0 N–H and O–H groups in total. The van der Waals surface area contributed by atoms with Crippen LogP contribution in [0.3, 0.4) is 0 Å². The molecule has 1 aromatic heterocycles. The minimum absolute atomic E-state index is 0.130. The van der Waals surface area contributed by atoms with Crippen molar-refractivity contribution in [2.75, 3.05) is 50.9 Å². The first-order valence-electron chi connectivity index (χ1n) is 10.9. The molecule has 2 aliphatic heterocycles. The summed E-state index contributed by atoms with van der Waals surface area (Å²) in [6.45, 7) is 5.39. The fraction of sp³-hybridized carbons (Fsp3) is 0.522. The maximum atomic E-state index is 12.9. The second-order valence-electron chi connectivity index (χ2n) is 7.88. The van der Waals surface area contributed by atoms with E-state index in [1.807, 2.05) is 15.9 Å². The Labute approximate surface area is 180 Å². The van der Waals surface area contributed by atoms with Gasteiger partial charge in [0.2, 0.25) is 0 Å². The predicted molar refractivity (Wildman–Crippen MR) is 115 cm³/mol. The smallest absolute Gasteiger partial charge is 0.310 e. The van der Waals surface area contributed by atoms with E-state index in [-0.39, 0.29) is 17.9 Å². The fourth-order valence-corrected chi connectivity index (χ4v) is 4.64. The summed E-state index contributed by atoms with van der Waals surface area (Å²) in [7, 11) is 0. The Morgan fingerprint density at radius 2 is 2.06 bits per heavy atom. The van der Waals surface area contributed by atoms with Crippen molar-refractivity contribution in [3.8, 4) is 0 Å². The van der Waals surface area contributed by atoms with Crippen LogP contribution in [-0.2, 0) is 19.1 Å². The van der Waals surface area contributed by atoms with Gasteiger partial charge in [-0.25, -0.2) is 0 Å². The lowest BCUT2D eigenvalue weighted by molar-refractivity contribution is -0.153. The summed E-state index contributed by atoms with van der Waals surface area (Å²) < 4.78 is 17.0. The van der Waals surface area contributed by atoms with E-state index >= 15 is 0 Å². The van der Waals surface area contributed by atoms with Crippen LogP contribution in [0.2, 0.25) is 0 Å². The van der Waals surface area contributed by atoms with Crippen LogP contribution in [0.25, 0.3) is 11.0 Å². The number of morpholine rings is 1. The molecule has 0 saturated carbocycles. The number of fused-ring (bicyclic) bond motifs is 1. The first kappa shape index (κ1) is 21.5. The van der Waals surface area contributed by atoms with Gasteiger partial charge < -0.3 is 23.6 Å². The number of piperidine rings is 1. The molecule has 8 nitrogen and oxygen atoms in total. The van der Waals surface area contributed by atoms with Gasteiger partial charge >= 0.3 is 5.97 Å². The molecule has 2 atom stereocenters. The van der Waals surface area contributed by atoms with Crippen molar-refractivity contribution < 1.29 is 23.5 Å². The van der Waals surface area contributed by atoms with Crippen molar-refractivity contribution in [3.63, 3.8) is 0 Å². The summed E-state index contributed by atoms with van der Waals surface area (Å²) in [6, 6.07) is 6.54. The summed E-state index contributed by atoms with van der Waals surface area (Å²) in [4.78, 5) is 41.1. The number of para-hydroxylation sites is 1. The highest BCUT2D eigenvalue weighted by Gasteiger charge is 2.39. The molecular formula is C23H28N2O6. The van der Waals surface area contributed by atoms with Crippen molar-refractivity contribution in [2.24, 2.45) is 5.92 Å². The highest BCUT2D eigenvalue weighted by Crippen LogP contribution is 2.40. The van der Waals surface area contributed by atoms with Crippen LogP contribution in [0, 0.1) is 5.92 Å². The average Bonchev–Trinajstić information content (AvgIpc) is 2.79. The second kappa shape index (κ2) is 9.62. The molecule has 8 heteroatoms. The third-order valence-corrected chi connectivity index (χ3v) is 6.05. The first-order chi connectivity index (χ1) is 15.1. The molecule has 2 unspecified atom stereocenters. The third-order valence-electron chi connectivity index (χ3n) is 6.05. The Bertz CT molecular complexity index is 997. The molecule has 2 fully saturated rings. The van der Waals surface area contributed by atoms with Crippen LogP contribution < -0.4 is 10.3 Å². The van der Waals surface area contributed by atoms with Crippen LogP contribution in [0.15, 0.2) is 33.5 Å². The average molecular weight is 428 g/mol. The Kier molecular flexibility index (Phi) is 6.67. The highest BCUT2D eigenvalue weighted by molar-refractivity contribution is 5.83. The van der Waals surface area contributed by atoms with Crippen LogP contribution in [0.1, 0.15) is 31.4 Å². The van der Waals surface area contributed by atoms with Gasteiger partial charge in [0, 0.05) is 24.7 Å². The molecule has 2 aliphatic rings. The Morgan fingerprint density at radius 1 is 1.26 bits per heavy atom. The van der Waals surface area contributed by atoms with Gasteiger partial charge in [-0.15, -0.1) is 0 Å². The number of likely N-dealkylation sites (tertiary alicyclic amines) is 1. The molecule has 0 aliphatic carbocycles. The topological polar surface area (TPSA) is 89.3 Å². The molecule has 1 aromatic carbocycles. The Hall–Kier alpha value is -2.71. The summed E-state index contributed by atoms with van der Waals surface area (Å²) in [5.74, 6) is -0.220. The van der Waals surface area contributed by atoms with Crippen LogP contribution in [0.5, 0.6) is 0 Å². The quantitative estimate of drug-likeness (QED) is 0.511. The standard InChI is InChI=1S/C23H28N2O6/c1-2-30-23(28)18-7-4-8-25(9-12-26)21(18)17-6-3-5-16-19(27)15-20(31-22(16)17)24-10-13-29-14-11-24/h3,5-6,12,15,18,21H,2,4,7-11,13-14H2,1H3. The number of anilines is 1. The molecule has 0 spiro atoms. The lowest BCUT2D eigenvalue weighted by Gasteiger charge is -2.39. The number of esters is 1. The molecule has 0 bridgehead atoms. The summed E-state index contributed by atoms with van der Waals surface area (Å²) in [5.41, 5.74) is 1.08. The maximum Gasteiger partial charge on any atom is 0.310 e. The van der Waals surface area contributed by atoms with E-state index in [1.54, 1.807) is 19.1 Å². The summed E-state index contributed by atoms with van der Waals surface area (Å²) in [6.07, 6.45) is 2.30. The van der Waals surface area contributed by atoms with Gasteiger partial charge in [0.25, 0.3) is 0 Å². The number of aldehydes is 1. The Morgan fingerprint density at radius 3 is 2.81 bits per heavy atom. The van der Waals surface area contributed by atoms with Gasteiger partial charge in [-0.3, -0.25) is 14.5 Å². The van der Waals surface area contributed by atoms with Gasteiger partial charge in [-0.1, -0.05) is 12.1 Å². The van der Waals surface area contributed by atoms with Crippen molar-refractivity contribution >= 4 is 29.1 Å². The zero-order valence-electron chi connectivity index (χ0n) is 17.7. The van der Waals surface area contributed by atoms with Crippen LogP contribution in [-0.4, -0.2) is 63.2 Å². The van der Waals surface area contributed by atoms with Crippen molar-refractivity contribution in [1.29, 1.82) is 0 Å². The van der Waals surface area contributed by atoms with E-state index in [4.69, 9.17) is 13.9 Å². The third kappa shape index (κ3) is 4.36. The normalized spacial score (nSPS) is 22.4. The van der Waals surface area contributed by atoms with Crippen molar-refractivity contribution in [3.05, 3.63) is 40.1 Å². The number of hydrogen-bond donors (Lipinski definition) is 0. The van der Waals surface area contributed by atoms with E-state index < -0.39 is 12.0 Å². The minimum Gasteiger partial charge on any atom is -0.466 e. The SMILES string of the molecule is CCOC(=O)C1CCCN(CC=O)C1c1cccc2c(=O)cc(N3CCOCC3)oc12. The first-order valence-corrected chi connectivity index (χ1v) is 10.9. The molecule has 4 rings (SSSR count). The van der Waals surface area contributed by atoms with Crippen LogP contribution in [0.4, 0.5) is 5.88 Å². The van der Waals surface area contributed by atoms with Gasteiger partial charge in [0.05, 0.1) is 43.7 Å². The van der Waals surface area contributed by atoms with E-state index in [1.165, 1.54) is 6.07 Å². The number of benzene rings is 1. The number of rotatable bonds is 6. The van der Waals surface area contributed by atoms with Gasteiger partial charge in [0.1, 0.15) is 11.9 Å². The molecular weight excluding hydrogens is 400 g/mol. The number of hydrogen-bond acceptors (Lipinski definition) is 8. The summed E-state index contributed by atoms with van der Waals surface area (Å²) in [5, 5.41) is 0.466. The number of ether oxygens (including phenoxy) is 2. The predicted octanol–water partition coefficient (Wildman–Crippen LogP) is 2.14. The van der Waals surface area contributed by atoms with Gasteiger partial charge in [-0.2, -0.15) is 0 Å². The Balaban J connectivity index is 1.84. The van der Waals surface area contributed by atoms with E-state index in [0.717, 1.165) is 18.3 Å².